The molecule has 86 valence electrons. The molecule has 0 unspecified atom stereocenters. The Balaban J connectivity index is 1.56. The van der Waals surface area contributed by atoms with Gasteiger partial charge in [-0.1, -0.05) is 0 Å². The van der Waals surface area contributed by atoms with Crippen molar-refractivity contribution in [3.05, 3.63) is 0 Å². The molecule has 3 rings (SSSR count). The number of hydrogen-bond donors (Lipinski definition) is 1. The fourth-order valence-electron chi connectivity index (χ4n) is 3.03. The molecule has 3 aliphatic carbocycles. The molecular weight excluding hydrogens is 184 g/mol. The minimum atomic E-state index is 0.503. The molecule has 0 aliphatic heterocycles. The summed E-state index contributed by atoms with van der Waals surface area (Å²) in [6.45, 7) is 1.41. The van der Waals surface area contributed by atoms with Crippen LogP contribution in [0.4, 0.5) is 0 Å². The molecule has 0 radical (unpaired) electrons. The maximum Gasteiger partial charge on any atom is 0.00994 e. The average molecular weight is 208 g/mol. The molecule has 0 heterocycles. The predicted molar refractivity (Wildman–Crippen MR) is 62.7 cm³/mol. The van der Waals surface area contributed by atoms with Gasteiger partial charge in [0.15, 0.2) is 0 Å². The van der Waals surface area contributed by atoms with Gasteiger partial charge in [-0.05, 0) is 57.3 Å². The molecule has 3 fully saturated rings. The molecule has 2 N–H and O–H groups in total. The normalized spacial score (nSPS) is 37.2. The summed E-state index contributed by atoms with van der Waals surface area (Å²) in [6, 6.07) is 2.35. The summed E-state index contributed by atoms with van der Waals surface area (Å²) < 4.78 is 0. The van der Waals surface area contributed by atoms with E-state index in [9.17, 15) is 0 Å². The number of nitrogens with zero attached hydrogens (tertiary/aromatic N) is 1. The summed E-state index contributed by atoms with van der Waals surface area (Å²) in [4.78, 5) is 2.85. The van der Waals surface area contributed by atoms with Gasteiger partial charge < -0.3 is 5.73 Å². The second-order valence-electron chi connectivity index (χ2n) is 5.94. The highest BCUT2D eigenvalue weighted by Gasteiger charge is 2.38. The molecule has 0 aromatic rings. The highest BCUT2D eigenvalue weighted by molar-refractivity contribution is 4.93. The Labute approximate surface area is 93.2 Å². The lowest BCUT2D eigenvalue weighted by Crippen LogP contribution is -2.43. The quantitative estimate of drug-likeness (QED) is 0.767. The summed E-state index contributed by atoms with van der Waals surface area (Å²) in [7, 11) is 0. The van der Waals surface area contributed by atoms with Gasteiger partial charge in [-0.25, -0.2) is 0 Å². The first-order valence-corrected chi connectivity index (χ1v) is 6.84. The Bertz CT molecular complexity index is 213. The molecule has 2 nitrogen and oxygen atoms in total. The summed E-state index contributed by atoms with van der Waals surface area (Å²) >= 11 is 0. The third-order valence-electron chi connectivity index (χ3n) is 4.39. The van der Waals surface area contributed by atoms with E-state index in [2.05, 4.69) is 4.90 Å². The standard InChI is InChI=1S/C13H24N2/c14-11-3-5-12(6-4-11)15(13-7-8-13)9-10-1-2-10/h10-13H,1-9,14H2. The summed E-state index contributed by atoms with van der Waals surface area (Å²) in [5.74, 6) is 1.06. The SMILES string of the molecule is NC1CCC(N(CC2CC2)C2CC2)CC1. The molecule has 0 amide bonds. The summed E-state index contributed by atoms with van der Waals surface area (Å²) in [5, 5.41) is 0. The second kappa shape index (κ2) is 4.06. The molecule has 0 aromatic carbocycles. The van der Waals surface area contributed by atoms with Crippen molar-refractivity contribution in [1.82, 2.24) is 4.90 Å². The van der Waals surface area contributed by atoms with E-state index in [1.165, 1.54) is 57.9 Å². The Morgan fingerprint density at radius 1 is 0.800 bits per heavy atom. The van der Waals surface area contributed by atoms with E-state index in [1.54, 1.807) is 0 Å². The Hall–Kier alpha value is -0.0800. The topological polar surface area (TPSA) is 29.3 Å². The van der Waals surface area contributed by atoms with Gasteiger partial charge in [-0.3, -0.25) is 4.90 Å². The largest absolute Gasteiger partial charge is 0.328 e. The smallest absolute Gasteiger partial charge is 0.00994 e. The van der Waals surface area contributed by atoms with Crippen LogP contribution in [0.3, 0.4) is 0 Å². The van der Waals surface area contributed by atoms with Crippen LogP contribution in [0.1, 0.15) is 51.4 Å². The van der Waals surface area contributed by atoms with E-state index in [0.29, 0.717) is 6.04 Å². The van der Waals surface area contributed by atoms with Gasteiger partial charge in [0.2, 0.25) is 0 Å². The number of hydrogen-bond acceptors (Lipinski definition) is 2. The second-order valence-corrected chi connectivity index (χ2v) is 5.94. The van der Waals surface area contributed by atoms with E-state index in [-0.39, 0.29) is 0 Å². The van der Waals surface area contributed by atoms with Crippen LogP contribution in [0.2, 0.25) is 0 Å². The van der Waals surface area contributed by atoms with E-state index in [1.807, 2.05) is 0 Å². The van der Waals surface area contributed by atoms with Crippen molar-refractivity contribution in [3.8, 4) is 0 Å². The zero-order valence-corrected chi connectivity index (χ0v) is 9.70. The summed E-state index contributed by atoms with van der Waals surface area (Å²) in [5.41, 5.74) is 5.98. The third-order valence-corrected chi connectivity index (χ3v) is 4.39. The van der Waals surface area contributed by atoms with Crippen molar-refractivity contribution >= 4 is 0 Å². The molecule has 0 bridgehead atoms. The molecule has 0 aromatic heterocycles. The van der Waals surface area contributed by atoms with E-state index in [0.717, 1.165) is 18.0 Å². The monoisotopic (exact) mass is 208 g/mol. The van der Waals surface area contributed by atoms with Crippen molar-refractivity contribution in [1.29, 1.82) is 0 Å². The van der Waals surface area contributed by atoms with Gasteiger partial charge in [-0.2, -0.15) is 0 Å². The molecule has 15 heavy (non-hydrogen) atoms. The first-order chi connectivity index (χ1) is 7.33. The average Bonchev–Trinajstić information content (AvgIpc) is 3.10. The Kier molecular flexibility index (Phi) is 2.73. The lowest BCUT2D eigenvalue weighted by atomic mass is 9.90. The predicted octanol–water partition coefficient (Wildman–Crippen LogP) is 2.13. The van der Waals surface area contributed by atoms with Crippen LogP contribution in [0.15, 0.2) is 0 Å². The summed E-state index contributed by atoms with van der Waals surface area (Å²) in [6.07, 6.45) is 11.2. The van der Waals surface area contributed by atoms with Crippen molar-refractivity contribution in [2.45, 2.75) is 69.5 Å². The molecular formula is C13H24N2. The van der Waals surface area contributed by atoms with Gasteiger partial charge >= 0.3 is 0 Å². The minimum Gasteiger partial charge on any atom is -0.328 e. The van der Waals surface area contributed by atoms with E-state index >= 15 is 0 Å². The highest BCUT2D eigenvalue weighted by Crippen LogP contribution is 2.38. The zero-order chi connectivity index (χ0) is 10.3. The van der Waals surface area contributed by atoms with E-state index < -0.39 is 0 Å². The minimum absolute atomic E-state index is 0.503. The van der Waals surface area contributed by atoms with Crippen LogP contribution in [0.25, 0.3) is 0 Å². The van der Waals surface area contributed by atoms with Crippen LogP contribution < -0.4 is 5.73 Å². The van der Waals surface area contributed by atoms with Crippen LogP contribution in [0.5, 0.6) is 0 Å². The molecule has 3 saturated carbocycles. The molecule has 3 aliphatic rings. The van der Waals surface area contributed by atoms with Crippen LogP contribution >= 0.6 is 0 Å². The molecule has 2 heteroatoms. The number of nitrogens with two attached hydrogens (primary N) is 1. The van der Waals surface area contributed by atoms with Crippen LogP contribution in [-0.4, -0.2) is 29.6 Å². The van der Waals surface area contributed by atoms with Crippen LogP contribution in [0, 0.1) is 5.92 Å². The fourth-order valence-corrected chi connectivity index (χ4v) is 3.03. The first kappa shape index (κ1) is 10.1. The third kappa shape index (κ3) is 2.54. The number of rotatable bonds is 4. The lowest BCUT2D eigenvalue weighted by Gasteiger charge is -2.36. The zero-order valence-electron chi connectivity index (χ0n) is 9.70. The van der Waals surface area contributed by atoms with Crippen molar-refractivity contribution in [3.63, 3.8) is 0 Å². The molecule has 0 saturated heterocycles. The maximum absolute atomic E-state index is 5.98. The van der Waals surface area contributed by atoms with Gasteiger partial charge in [0.25, 0.3) is 0 Å². The Morgan fingerprint density at radius 2 is 1.33 bits per heavy atom. The lowest BCUT2D eigenvalue weighted by molar-refractivity contribution is 0.135. The van der Waals surface area contributed by atoms with Crippen molar-refractivity contribution in [2.24, 2.45) is 11.7 Å². The van der Waals surface area contributed by atoms with Gasteiger partial charge in [0, 0.05) is 24.7 Å². The fraction of sp³-hybridized carbons (Fsp3) is 1.00. The Morgan fingerprint density at radius 3 is 1.80 bits per heavy atom. The highest BCUT2D eigenvalue weighted by atomic mass is 15.2. The molecule has 0 spiro atoms. The van der Waals surface area contributed by atoms with Crippen molar-refractivity contribution in [2.75, 3.05) is 6.54 Å². The van der Waals surface area contributed by atoms with Gasteiger partial charge in [0.1, 0.15) is 0 Å². The maximum atomic E-state index is 5.98. The first-order valence-electron chi connectivity index (χ1n) is 6.84. The molecule has 0 atom stereocenters. The van der Waals surface area contributed by atoms with Gasteiger partial charge in [-0.15, -0.1) is 0 Å². The van der Waals surface area contributed by atoms with Gasteiger partial charge in [0.05, 0.1) is 0 Å². The van der Waals surface area contributed by atoms with E-state index in [4.69, 9.17) is 5.73 Å². The van der Waals surface area contributed by atoms with Crippen LogP contribution in [-0.2, 0) is 0 Å². The van der Waals surface area contributed by atoms with Crippen molar-refractivity contribution < 1.29 is 0 Å².